The lowest BCUT2D eigenvalue weighted by Gasteiger charge is -2.19. The van der Waals surface area contributed by atoms with Crippen LogP contribution < -0.4 is 4.74 Å². The van der Waals surface area contributed by atoms with Crippen molar-refractivity contribution in [2.45, 2.75) is 46.6 Å². The summed E-state index contributed by atoms with van der Waals surface area (Å²) >= 11 is 0. The summed E-state index contributed by atoms with van der Waals surface area (Å²) in [6.45, 7) is 9.67. The molecule has 0 radical (unpaired) electrons. The lowest BCUT2D eigenvalue weighted by atomic mass is 10.1. The van der Waals surface area contributed by atoms with Gasteiger partial charge in [0.25, 0.3) is 0 Å². The summed E-state index contributed by atoms with van der Waals surface area (Å²) in [7, 11) is 0. The van der Waals surface area contributed by atoms with Gasteiger partial charge in [0.05, 0.1) is 13.0 Å². The molecule has 0 aromatic heterocycles. The first kappa shape index (κ1) is 19.0. The van der Waals surface area contributed by atoms with E-state index in [9.17, 15) is 9.59 Å². The Hall–Kier alpha value is -2.04. The molecule has 0 spiro atoms. The second-order valence-corrected chi connectivity index (χ2v) is 6.77. The van der Waals surface area contributed by atoms with E-state index < -0.39 is 11.6 Å². The number of rotatable bonds is 7. The predicted molar refractivity (Wildman–Crippen MR) is 87.3 cm³/mol. The highest BCUT2D eigenvalue weighted by Crippen LogP contribution is 2.14. The molecule has 0 N–H and O–H groups in total. The van der Waals surface area contributed by atoms with Gasteiger partial charge in [-0.2, -0.15) is 0 Å². The van der Waals surface area contributed by atoms with E-state index in [0.717, 1.165) is 5.56 Å². The Morgan fingerprint density at radius 1 is 1.04 bits per heavy atom. The lowest BCUT2D eigenvalue weighted by Crippen LogP contribution is -2.27. The van der Waals surface area contributed by atoms with E-state index in [1.54, 1.807) is 45.0 Å². The van der Waals surface area contributed by atoms with E-state index in [0.29, 0.717) is 18.3 Å². The van der Waals surface area contributed by atoms with Crippen molar-refractivity contribution in [3.63, 3.8) is 0 Å². The van der Waals surface area contributed by atoms with Crippen molar-refractivity contribution >= 4 is 11.9 Å². The molecule has 0 bridgehead atoms. The molecule has 5 heteroatoms. The van der Waals surface area contributed by atoms with Gasteiger partial charge in [0.15, 0.2) is 6.61 Å². The lowest BCUT2D eigenvalue weighted by molar-refractivity contribution is -0.157. The van der Waals surface area contributed by atoms with Gasteiger partial charge in [-0.3, -0.25) is 4.79 Å². The molecule has 128 valence electrons. The van der Waals surface area contributed by atoms with E-state index in [1.807, 2.05) is 13.8 Å². The second kappa shape index (κ2) is 8.56. The first-order valence-electron chi connectivity index (χ1n) is 7.75. The van der Waals surface area contributed by atoms with Gasteiger partial charge in [-0.05, 0) is 44.4 Å². The van der Waals surface area contributed by atoms with Gasteiger partial charge >= 0.3 is 11.9 Å². The Kier molecular flexibility index (Phi) is 7.07. The molecular weight excluding hydrogens is 296 g/mol. The molecule has 0 heterocycles. The summed E-state index contributed by atoms with van der Waals surface area (Å²) in [5.41, 5.74) is 0.309. The van der Waals surface area contributed by atoms with Crippen LogP contribution in [-0.4, -0.2) is 30.8 Å². The van der Waals surface area contributed by atoms with Crippen LogP contribution >= 0.6 is 0 Å². The molecule has 0 atom stereocenters. The smallest absolute Gasteiger partial charge is 0.344 e. The fourth-order valence-electron chi connectivity index (χ4n) is 1.69. The van der Waals surface area contributed by atoms with Crippen LogP contribution in [0.25, 0.3) is 0 Å². The molecule has 0 amide bonds. The standard InChI is InChI=1S/C18H26O5/c1-13(2)11-22-16(19)10-14-6-8-15(9-7-14)21-12-17(20)23-18(3,4)5/h6-9,13H,10-12H2,1-5H3. The van der Waals surface area contributed by atoms with Crippen molar-refractivity contribution in [1.29, 1.82) is 0 Å². The fraction of sp³-hybridized carbons (Fsp3) is 0.556. The average Bonchev–Trinajstić information content (AvgIpc) is 2.42. The third kappa shape index (κ3) is 8.86. The van der Waals surface area contributed by atoms with Crippen LogP contribution in [0.5, 0.6) is 5.75 Å². The number of ether oxygens (including phenoxy) is 3. The van der Waals surface area contributed by atoms with Gasteiger partial charge in [0, 0.05) is 0 Å². The Morgan fingerprint density at radius 3 is 2.17 bits per heavy atom. The highest BCUT2D eigenvalue weighted by Gasteiger charge is 2.16. The van der Waals surface area contributed by atoms with Crippen LogP contribution in [0, 0.1) is 5.92 Å². The summed E-state index contributed by atoms with van der Waals surface area (Å²) in [6.07, 6.45) is 0.221. The van der Waals surface area contributed by atoms with Gasteiger partial charge in [0.1, 0.15) is 11.4 Å². The highest BCUT2D eigenvalue weighted by molar-refractivity contribution is 5.73. The molecule has 1 aromatic rings. The van der Waals surface area contributed by atoms with Crippen LogP contribution in [0.15, 0.2) is 24.3 Å². The molecule has 0 saturated carbocycles. The molecule has 0 aliphatic heterocycles. The van der Waals surface area contributed by atoms with Crippen LogP contribution in [0.3, 0.4) is 0 Å². The molecule has 0 unspecified atom stereocenters. The zero-order chi connectivity index (χ0) is 17.5. The molecule has 1 aromatic carbocycles. The highest BCUT2D eigenvalue weighted by atomic mass is 16.6. The number of hydrogen-bond donors (Lipinski definition) is 0. The average molecular weight is 322 g/mol. The molecule has 0 fully saturated rings. The largest absolute Gasteiger partial charge is 0.482 e. The van der Waals surface area contributed by atoms with Crippen molar-refractivity contribution in [2.75, 3.05) is 13.2 Å². The van der Waals surface area contributed by atoms with E-state index in [-0.39, 0.29) is 19.0 Å². The maximum absolute atomic E-state index is 11.6. The molecule has 0 aliphatic carbocycles. The SMILES string of the molecule is CC(C)COC(=O)Cc1ccc(OCC(=O)OC(C)(C)C)cc1. The number of hydrogen-bond acceptors (Lipinski definition) is 5. The van der Waals surface area contributed by atoms with Crippen molar-refractivity contribution in [3.05, 3.63) is 29.8 Å². The number of carbonyl (C=O) groups excluding carboxylic acids is 2. The van der Waals surface area contributed by atoms with Gasteiger partial charge < -0.3 is 14.2 Å². The van der Waals surface area contributed by atoms with Crippen molar-refractivity contribution in [3.8, 4) is 5.75 Å². The number of benzene rings is 1. The molecule has 5 nitrogen and oxygen atoms in total. The number of carbonyl (C=O) groups is 2. The van der Waals surface area contributed by atoms with E-state index in [4.69, 9.17) is 14.2 Å². The minimum absolute atomic E-state index is 0.146. The monoisotopic (exact) mass is 322 g/mol. The van der Waals surface area contributed by atoms with Crippen LogP contribution in [0.1, 0.15) is 40.2 Å². The Morgan fingerprint density at radius 2 is 1.65 bits per heavy atom. The van der Waals surface area contributed by atoms with Gasteiger partial charge in [-0.25, -0.2) is 4.79 Å². The van der Waals surface area contributed by atoms with Crippen LogP contribution in [0.4, 0.5) is 0 Å². The summed E-state index contributed by atoms with van der Waals surface area (Å²) < 4.78 is 15.7. The van der Waals surface area contributed by atoms with Crippen LogP contribution in [-0.2, 0) is 25.5 Å². The third-order valence-electron chi connectivity index (χ3n) is 2.63. The van der Waals surface area contributed by atoms with E-state index in [2.05, 4.69) is 0 Å². The van der Waals surface area contributed by atoms with Gasteiger partial charge in [-0.1, -0.05) is 26.0 Å². The fourth-order valence-corrected chi connectivity index (χ4v) is 1.69. The Bertz CT molecular complexity index is 511. The van der Waals surface area contributed by atoms with Gasteiger partial charge in [0.2, 0.25) is 0 Å². The van der Waals surface area contributed by atoms with E-state index in [1.165, 1.54) is 0 Å². The molecule has 1 rings (SSSR count). The molecule has 23 heavy (non-hydrogen) atoms. The normalized spacial score (nSPS) is 11.2. The zero-order valence-corrected chi connectivity index (χ0v) is 14.5. The molecule has 0 aliphatic rings. The van der Waals surface area contributed by atoms with Crippen molar-refractivity contribution < 1.29 is 23.8 Å². The molecule has 0 saturated heterocycles. The maximum atomic E-state index is 11.6. The minimum Gasteiger partial charge on any atom is -0.482 e. The first-order valence-corrected chi connectivity index (χ1v) is 7.75. The Balaban J connectivity index is 2.41. The summed E-state index contributed by atoms with van der Waals surface area (Å²) in [4.78, 5) is 23.2. The number of esters is 2. The zero-order valence-electron chi connectivity index (χ0n) is 14.5. The third-order valence-corrected chi connectivity index (χ3v) is 2.63. The summed E-state index contributed by atoms with van der Waals surface area (Å²) in [5.74, 6) is 0.206. The predicted octanol–water partition coefficient (Wildman–Crippen LogP) is 3.15. The van der Waals surface area contributed by atoms with Crippen LogP contribution in [0.2, 0.25) is 0 Å². The maximum Gasteiger partial charge on any atom is 0.344 e. The van der Waals surface area contributed by atoms with Crippen molar-refractivity contribution in [2.24, 2.45) is 5.92 Å². The summed E-state index contributed by atoms with van der Waals surface area (Å²) in [5, 5.41) is 0. The summed E-state index contributed by atoms with van der Waals surface area (Å²) in [6, 6.07) is 6.99. The topological polar surface area (TPSA) is 61.8 Å². The quantitative estimate of drug-likeness (QED) is 0.722. The van der Waals surface area contributed by atoms with E-state index >= 15 is 0 Å². The Labute approximate surface area is 137 Å². The second-order valence-electron chi connectivity index (χ2n) is 6.77. The molecular formula is C18H26O5. The van der Waals surface area contributed by atoms with Crippen molar-refractivity contribution in [1.82, 2.24) is 0 Å². The van der Waals surface area contributed by atoms with Gasteiger partial charge in [-0.15, -0.1) is 0 Å². The first-order chi connectivity index (χ1) is 10.7. The minimum atomic E-state index is -0.527.